The monoisotopic (exact) mass is 430 g/mol. The number of carbonyl (C=O) groups is 3. The first-order chi connectivity index (χ1) is 15.5. The van der Waals surface area contributed by atoms with Crippen LogP contribution in [0.25, 0.3) is 11.1 Å². The van der Waals surface area contributed by atoms with Gasteiger partial charge in [-0.05, 0) is 48.3 Å². The number of carbonyl (C=O) groups excluding carboxylic acids is 3. The summed E-state index contributed by atoms with van der Waals surface area (Å²) in [5.74, 6) is 0.139. The quantitative estimate of drug-likeness (QED) is 0.670. The average Bonchev–Trinajstić information content (AvgIpc) is 3.60. The van der Waals surface area contributed by atoms with Crippen LogP contribution < -0.4 is 0 Å². The summed E-state index contributed by atoms with van der Waals surface area (Å²) in [4.78, 5) is 43.3. The van der Waals surface area contributed by atoms with Gasteiger partial charge in [0.1, 0.15) is 0 Å². The Morgan fingerprint density at radius 2 is 1.66 bits per heavy atom. The molecule has 3 fully saturated rings. The van der Waals surface area contributed by atoms with Gasteiger partial charge in [0.05, 0.1) is 5.41 Å². The number of piperidine rings is 1. The number of hydrogen-bond acceptors (Lipinski definition) is 3. The number of amides is 3. The maximum atomic E-state index is 13.7. The van der Waals surface area contributed by atoms with Gasteiger partial charge >= 0.3 is 0 Å². The van der Waals surface area contributed by atoms with E-state index in [0.717, 1.165) is 55.5 Å². The molecule has 2 atom stereocenters. The zero-order valence-electron chi connectivity index (χ0n) is 18.6. The molecule has 166 valence electrons. The van der Waals surface area contributed by atoms with Gasteiger partial charge in [-0.25, -0.2) is 0 Å². The molecule has 2 heterocycles. The Kier molecular flexibility index (Phi) is 5.36. The molecule has 5 nitrogen and oxygen atoms in total. The molecule has 0 bridgehead atoms. The second-order valence-corrected chi connectivity index (χ2v) is 9.77. The van der Waals surface area contributed by atoms with Crippen LogP contribution in [0.3, 0.4) is 0 Å². The molecule has 0 N–H and O–H groups in total. The lowest BCUT2D eigenvalue weighted by molar-refractivity contribution is -0.143. The molecule has 1 saturated carbocycles. The molecular weight excluding hydrogens is 400 g/mol. The molecule has 1 aliphatic carbocycles. The van der Waals surface area contributed by atoms with E-state index in [1.54, 1.807) is 0 Å². The Bertz CT molecular complexity index is 1030. The predicted octanol–water partition coefficient (Wildman–Crippen LogP) is 4.16. The molecule has 3 amide bonds. The van der Waals surface area contributed by atoms with Crippen molar-refractivity contribution in [2.45, 2.75) is 56.9 Å². The van der Waals surface area contributed by atoms with Crippen molar-refractivity contribution >= 4 is 17.7 Å². The van der Waals surface area contributed by atoms with E-state index in [9.17, 15) is 14.4 Å². The lowest BCUT2D eigenvalue weighted by Gasteiger charge is -2.34. The molecule has 0 unspecified atom stereocenters. The van der Waals surface area contributed by atoms with E-state index >= 15 is 0 Å². The Labute approximate surface area is 189 Å². The van der Waals surface area contributed by atoms with Gasteiger partial charge in [-0.2, -0.15) is 0 Å². The molecule has 3 aliphatic rings. The molecule has 0 spiro atoms. The minimum Gasteiger partial charge on any atom is -0.342 e. The smallest absolute Gasteiger partial charge is 0.241 e. The van der Waals surface area contributed by atoms with Gasteiger partial charge in [0.2, 0.25) is 17.7 Å². The van der Waals surface area contributed by atoms with Gasteiger partial charge in [0.15, 0.2) is 0 Å². The van der Waals surface area contributed by atoms with Crippen molar-refractivity contribution in [2.24, 2.45) is 5.92 Å². The fraction of sp³-hybridized carbons (Fsp3) is 0.444. The summed E-state index contributed by atoms with van der Waals surface area (Å²) in [6.45, 7) is 3.63. The molecule has 32 heavy (non-hydrogen) atoms. The number of imide groups is 1. The van der Waals surface area contributed by atoms with Gasteiger partial charge in [-0.3, -0.25) is 19.3 Å². The van der Waals surface area contributed by atoms with Crippen molar-refractivity contribution in [3.63, 3.8) is 0 Å². The highest BCUT2D eigenvalue weighted by molar-refractivity contribution is 6.11. The minimum absolute atomic E-state index is 0.0116. The maximum Gasteiger partial charge on any atom is 0.241 e. The van der Waals surface area contributed by atoms with Crippen molar-refractivity contribution in [2.75, 3.05) is 13.1 Å². The van der Waals surface area contributed by atoms with Crippen LogP contribution in [0.2, 0.25) is 0 Å². The first kappa shape index (κ1) is 20.9. The Balaban J connectivity index is 1.48. The minimum atomic E-state index is -1.09. The Morgan fingerprint density at radius 1 is 0.969 bits per heavy atom. The Morgan fingerprint density at radius 3 is 2.31 bits per heavy atom. The highest BCUT2D eigenvalue weighted by atomic mass is 16.2. The van der Waals surface area contributed by atoms with Crippen LogP contribution in [-0.2, 0) is 19.8 Å². The molecule has 2 aromatic carbocycles. The summed E-state index contributed by atoms with van der Waals surface area (Å²) < 4.78 is 0. The summed E-state index contributed by atoms with van der Waals surface area (Å²) in [6.07, 6.45) is 4.02. The van der Waals surface area contributed by atoms with E-state index in [4.69, 9.17) is 0 Å². The van der Waals surface area contributed by atoms with Crippen LogP contribution in [0, 0.1) is 5.92 Å². The van der Waals surface area contributed by atoms with Crippen LogP contribution >= 0.6 is 0 Å². The third-order valence-electron chi connectivity index (χ3n) is 7.27. The zero-order chi connectivity index (χ0) is 22.3. The van der Waals surface area contributed by atoms with E-state index < -0.39 is 5.41 Å². The lowest BCUT2D eigenvalue weighted by Crippen LogP contribution is -2.46. The molecule has 0 radical (unpaired) electrons. The normalized spacial score (nSPS) is 26.0. The SMILES string of the molecule is C[C@@H]1CCCN(C(=O)C[C@@]2(c3ccc(-c4ccccc4)cc3)CC(=O)N(C3CC3)C2=O)C1. The lowest BCUT2D eigenvalue weighted by atomic mass is 9.75. The molecule has 0 aromatic heterocycles. The standard InChI is InChI=1S/C27H30N2O3/c1-19-6-5-15-28(18-19)24(30)16-27(17-25(31)29(26(27)32)23-13-14-23)22-11-9-21(10-12-22)20-7-3-2-4-8-20/h2-4,7-12,19,23H,5-6,13-18H2,1H3/t19-,27+/m1/s1. The first-order valence-corrected chi connectivity index (χ1v) is 11.8. The molecule has 2 aromatic rings. The fourth-order valence-corrected chi connectivity index (χ4v) is 5.33. The van der Waals surface area contributed by atoms with E-state index in [1.807, 2.05) is 59.5 Å². The van der Waals surface area contributed by atoms with Gasteiger partial charge in [0, 0.05) is 32.0 Å². The summed E-state index contributed by atoms with van der Waals surface area (Å²) in [5, 5.41) is 0. The summed E-state index contributed by atoms with van der Waals surface area (Å²) >= 11 is 0. The number of rotatable bonds is 5. The van der Waals surface area contributed by atoms with Crippen LogP contribution in [0.15, 0.2) is 54.6 Å². The van der Waals surface area contributed by atoms with Crippen molar-refractivity contribution in [3.8, 4) is 11.1 Å². The van der Waals surface area contributed by atoms with Crippen LogP contribution in [0.1, 0.15) is 51.0 Å². The molecular formula is C27H30N2O3. The van der Waals surface area contributed by atoms with Crippen LogP contribution in [0.4, 0.5) is 0 Å². The zero-order valence-corrected chi connectivity index (χ0v) is 18.6. The molecule has 2 aliphatic heterocycles. The van der Waals surface area contributed by atoms with E-state index in [-0.39, 0.29) is 36.6 Å². The molecule has 5 heteroatoms. The Hall–Kier alpha value is -2.95. The van der Waals surface area contributed by atoms with Gasteiger partial charge in [-0.1, -0.05) is 61.5 Å². The van der Waals surface area contributed by atoms with Crippen LogP contribution in [-0.4, -0.2) is 46.7 Å². The number of hydrogen-bond donors (Lipinski definition) is 0. The highest BCUT2D eigenvalue weighted by Crippen LogP contribution is 2.45. The largest absolute Gasteiger partial charge is 0.342 e. The number of likely N-dealkylation sites (tertiary alicyclic amines) is 2. The van der Waals surface area contributed by atoms with Crippen molar-refractivity contribution in [1.82, 2.24) is 9.80 Å². The van der Waals surface area contributed by atoms with Crippen molar-refractivity contribution in [3.05, 3.63) is 60.2 Å². The van der Waals surface area contributed by atoms with Crippen LogP contribution in [0.5, 0.6) is 0 Å². The molecule has 5 rings (SSSR count). The highest BCUT2D eigenvalue weighted by Gasteiger charge is 2.57. The average molecular weight is 431 g/mol. The van der Waals surface area contributed by atoms with Gasteiger partial charge < -0.3 is 4.90 Å². The van der Waals surface area contributed by atoms with E-state index in [0.29, 0.717) is 5.92 Å². The third kappa shape index (κ3) is 3.74. The summed E-state index contributed by atoms with van der Waals surface area (Å²) in [6, 6.07) is 18.0. The topological polar surface area (TPSA) is 57.7 Å². The van der Waals surface area contributed by atoms with Crippen molar-refractivity contribution in [1.29, 1.82) is 0 Å². The predicted molar refractivity (Wildman–Crippen MR) is 123 cm³/mol. The van der Waals surface area contributed by atoms with Gasteiger partial charge in [0.25, 0.3) is 0 Å². The van der Waals surface area contributed by atoms with Gasteiger partial charge in [-0.15, -0.1) is 0 Å². The number of nitrogens with zero attached hydrogens (tertiary/aromatic N) is 2. The summed E-state index contributed by atoms with van der Waals surface area (Å²) in [7, 11) is 0. The second kappa shape index (κ2) is 8.19. The maximum absolute atomic E-state index is 13.7. The first-order valence-electron chi connectivity index (χ1n) is 11.8. The number of benzene rings is 2. The fourth-order valence-electron chi connectivity index (χ4n) is 5.33. The van der Waals surface area contributed by atoms with Crippen molar-refractivity contribution < 1.29 is 14.4 Å². The third-order valence-corrected chi connectivity index (χ3v) is 7.27. The summed E-state index contributed by atoms with van der Waals surface area (Å²) in [5.41, 5.74) is 1.83. The van der Waals surface area contributed by atoms with E-state index in [1.165, 1.54) is 4.90 Å². The second-order valence-electron chi connectivity index (χ2n) is 9.77. The van der Waals surface area contributed by atoms with E-state index in [2.05, 4.69) is 6.92 Å². The molecule has 2 saturated heterocycles.